The Balaban J connectivity index is 2.01. The summed E-state index contributed by atoms with van der Waals surface area (Å²) in [5.74, 6) is -0.187. The van der Waals surface area contributed by atoms with E-state index in [1.807, 2.05) is 0 Å². The zero-order valence-corrected chi connectivity index (χ0v) is 16.9. The van der Waals surface area contributed by atoms with Crippen molar-refractivity contribution in [2.24, 2.45) is 11.8 Å². The van der Waals surface area contributed by atoms with Crippen LogP contribution in [-0.4, -0.2) is 35.2 Å². The molecule has 2 rings (SSSR count). The first-order valence-electron chi connectivity index (χ1n) is 9.08. The van der Waals surface area contributed by atoms with Crippen LogP contribution in [0.2, 0.25) is 0 Å². The van der Waals surface area contributed by atoms with Gasteiger partial charge in [-0.3, -0.25) is 14.9 Å². The number of nitro benzene ring substituents is 1. The van der Waals surface area contributed by atoms with E-state index in [1.165, 1.54) is 36.9 Å². The smallest absolute Gasteiger partial charge is 0.339 e. The lowest BCUT2D eigenvalue weighted by atomic mass is 9.78. The van der Waals surface area contributed by atoms with Gasteiger partial charge in [0.1, 0.15) is 0 Å². The maximum atomic E-state index is 12.4. The number of benzene rings is 1. The zero-order valence-electron chi connectivity index (χ0n) is 16.1. The topological polar surface area (TPSA) is 98.5 Å². The Kier molecular flexibility index (Phi) is 7.24. The van der Waals surface area contributed by atoms with E-state index in [-0.39, 0.29) is 23.2 Å². The Morgan fingerprint density at radius 3 is 2.67 bits per heavy atom. The molecule has 7 nitrogen and oxygen atoms in total. The molecule has 1 aliphatic rings. The highest BCUT2D eigenvalue weighted by Gasteiger charge is 2.30. The Morgan fingerprint density at radius 1 is 1.33 bits per heavy atom. The van der Waals surface area contributed by atoms with Crippen molar-refractivity contribution in [3.8, 4) is 0 Å². The van der Waals surface area contributed by atoms with Gasteiger partial charge in [-0.05, 0) is 43.6 Å². The molecule has 1 saturated carbocycles. The van der Waals surface area contributed by atoms with Crippen LogP contribution in [0.15, 0.2) is 23.1 Å². The van der Waals surface area contributed by atoms with Gasteiger partial charge in [-0.2, -0.15) is 0 Å². The Labute approximate surface area is 163 Å². The number of nitrogens with one attached hydrogen (secondary N) is 1. The number of carbonyl (C=O) groups excluding carboxylic acids is 2. The van der Waals surface area contributed by atoms with E-state index in [9.17, 15) is 19.7 Å². The van der Waals surface area contributed by atoms with Gasteiger partial charge in [0.05, 0.1) is 15.4 Å². The maximum Gasteiger partial charge on any atom is 0.339 e. The lowest BCUT2D eigenvalue weighted by Crippen LogP contribution is -2.47. The molecule has 0 unspecified atom stereocenters. The molecule has 0 radical (unpaired) electrons. The summed E-state index contributed by atoms with van der Waals surface area (Å²) in [6.07, 6.45) is 3.89. The van der Waals surface area contributed by atoms with Gasteiger partial charge in [-0.25, -0.2) is 4.79 Å². The molecule has 0 spiro atoms. The molecule has 1 fully saturated rings. The molecule has 1 amide bonds. The van der Waals surface area contributed by atoms with Crippen LogP contribution in [0.4, 0.5) is 5.69 Å². The molecule has 1 aromatic carbocycles. The van der Waals surface area contributed by atoms with E-state index in [2.05, 4.69) is 19.2 Å². The second-order valence-electron chi connectivity index (χ2n) is 7.07. The summed E-state index contributed by atoms with van der Waals surface area (Å²) in [5, 5.41) is 14.1. The quantitative estimate of drug-likeness (QED) is 0.341. The fourth-order valence-electron chi connectivity index (χ4n) is 3.33. The number of rotatable bonds is 6. The molecule has 148 valence electrons. The largest absolute Gasteiger partial charge is 0.449 e. The summed E-state index contributed by atoms with van der Waals surface area (Å²) in [6.45, 7) is 5.81. The number of carbonyl (C=O) groups is 2. The highest BCUT2D eigenvalue weighted by atomic mass is 32.2. The van der Waals surface area contributed by atoms with Gasteiger partial charge in [0.2, 0.25) is 0 Å². The van der Waals surface area contributed by atoms with Crippen LogP contribution in [0.5, 0.6) is 0 Å². The Bertz CT molecular complexity index is 724. The monoisotopic (exact) mass is 394 g/mol. The molecule has 1 aliphatic carbocycles. The van der Waals surface area contributed by atoms with Crippen LogP contribution >= 0.6 is 11.8 Å². The van der Waals surface area contributed by atoms with Crippen molar-refractivity contribution in [1.82, 2.24) is 5.32 Å². The van der Waals surface area contributed by atoms with E-state index < -0.39 is 17.0 Å². The first-order chi connectivity index (χ1) is 12.7. The molecule has 0 aliphatic heterocycles. The minimum absolute atomic E-state index is 0.0545. The number of hydrogen-bond donors (Lipinski definition) is 1. The van der Waals surface area contributed by atoms with E-state index >= 15 is 0 Å². The first kappa shape index (κ1) is 21.2. The number of nitro groups is 1. The Hall–Kier alpha value is -2.09. The minimum Gasteiger partial charge on any atom is -0.449 e. The van der Waals surface area contributed by atoms with Crippen molar-refractivity contribution in [1.29, 1.82) is 0 Å². The summed E-state index contributed by atoms with van der Waals surface area (Å²) in [5.41, 5.74) is -0.0992. The molecule has 0 aromatic heterocycles. The molecule has 0 saturated heterocycles. The molecule has 1 N–H and O–H groups in total. The van der Waals surface area contributed by atoms with Gasteiger partial charge in [0.15, 0.2) is 6.10 Å². The molecule has 4 atom stereocenters. The van der Waals surface area contributed by atoms with Crippen molar-refractivity contribution in [3.63, 3.8) is 0 Å². The summed E-state index contributed by atoms with van der Waals surface area (Å²) in [4.78, 5) is 35.8. The summed E-state index contributed by atoms with van der Waals surface area (Å²) in [6, 6.07) is 4.24. The second-order valence-corrected chi connectivity index (χ2v) is 7.92. The summed E-state index contributed by atoms with van der Waals surface area (Å²) < 4.78 is 5.23. The number of hydrogen-bond acceptors (Lipinski definition) is 6. The molecular formula is C19H26N2O5S. The molecule has 8 heteroatoms. The van der Waals surface area contributed by atoms with Crippen LogP contribution in [-0.2, 0) is 9.53 Å². The van der Waals surface area contributed by atoms with Crippen molar-refractivity contribution in [2.45, 2.75) is 57.1 Å². The second kappa shape index (κ2) is 9.21. The normalized spacial score (nSPS) is 23.3. The van der Waals surface area contributed by atoms with E-state index in [1.54, 1.807) is 6.26 Å². The van der Waals surface area contributed by atoms with E-state index in [0.29, 0.717) is 16.7 Å². The SMILES string of the molecule is CSc1ccc(C(=O)O[C@H](C)C(=O)N[C@@H]2CCC[C@H](C)[C@H]2C)cc1[N+](=O)[O-]. The highest BCUT2D eigenvalue weighted by molar-refractivity contribution is 7.98. The van der Waals surface area contributed by atoms with Crippen molar-refractivity contribution in [3.05, 3.63) is 33.9 Å². The first-order valence-corrected chi connectivity index (χ1v) is 10.3. The maximum absolute atomic E-state index is 12.4. The predicted molar refractivity (Wildman–Crippen MR) is 104 cm³/mol. The Morgan fingerprint density at radius 2 is 2.04 bits per heavy atom. The summed E-state index contributed by atoms with van der Waals surface area (Å²) >= 11 is 1.22. The van der Waals surface area contributed by atoms with Crippen LogP contribution < -0.4 is 5.32 Å². The predicted octanol–water partition coefficient (Wildman–Crippen LogP) is 3.80. The number of amides is 1. The van der Waals surface area contributed by atoms with Crippen LogP contribution in [0.1, 0.15) is 50.4 Å². The van der Waals surface area contributed by atoms with Crippen molar-refractivity contribution in [2.75, 3.05) is 6.26 Å². The molecule has 27 heavy (non-hydrogen) atoms. The van der Waals surface area contributed by atoms with E-state index in [4.69, 9.17) is 4.74 Å². The lowest BCUT2D eigenvalue weighted by molar-refractivity contribution is -0.387. The minimum atomic E-state index is -0.971. The third-order valence-electron chi connectivity index (χ3n) is 5.30. The fourth-order valence-corrected chi connectivity index (χ4v) is 3.87. The third-order valence-corrected chi connectivity index (χ3v) is 6.08. The third kappa shape index (κ3) is 5.22. The molecule has 0 heterocycles. The average molecular weight is 394 g/mol. The molecule has 0 bridgehead atoms. The number of thioether (sulfide) groups is 1. The number of ether oxygens (including phenoxy) is 1. The van der Waals surface area contributed by atoms with E-state index in [0.717, 1.165) is 19.3 Å². The lowest BCUT2D eigenvalue weighted by Gasteiger charge is -2.35. The van der Waals surface area contributed by atoms with Crippen molar-refractivity contribution >= 4 is 29.3 Å². The molecule has 1 aromatic rings. The van der Waals surface area contributed by atoms with Gasteiger partial charge in [-0.15, -0.1) is 11.8 Å². The van der Waals surface area contributed by atoms with Crippen molar-refractivity contribution < 1.29 is 19.2 Å². The van der Waals surface area contributed by atoms with Gasteiger partial charge in [0.25, 0.3) is 11.6 Å². The van der Waals surface area contributed by atoms with Gasteiger partial charge < -0.3 is 10.1 Å². The van der Waals surface area contributed by atoms with Gasteiger partial charge >= 0.3 is 5.97 Å². The highest BCUT2D eigenvalue weighted by Crippen LogP contribution is 2.30. The fraction of sp³-hybridized carbons (Fsp3) is 0.579. The van der Waals surface area contributed by atoms with Gasteiger partial charge in [-0.1, -0.05) is 26.7 Å². The standard InChI is InChI=1S/C19H26N2O5S/c1-11-6-5-7-15(12(11)2)20-18(22)13(3)26-19(23)14-8-9-17(27-4)16(10-14)21(24)25/h8-13,15H,5-7H2,1-4H3,(H,20,22)/t11-,12+,13+,15+/m0/s1. The van der Waals surface area contributed by atoms with Crippen LogP contribution in [0.3, 0.4) is 0 Å². The molecular weight excluding hydrogens is 368 g/mol. The average Bonchev–Trinajstić information content (AvgIpc) is 2.64. The van der Waals surface area contributed by atoms with Crippen LogP contribution in [0.25, 0.3) is 0 Å². The van der Waals surface area contributed by atoms with Crippen LogP contribution in [0, 0.1) is 22.0 Å². The number of esters is 1. The number of nitrogens with zero attached hydrogens (tertiary/aromatic N) is 1. The zero-order chi connectivity index (χ0) is 20.1. The summed E-state index contributed by atoms with van der Waals surface area (Å²) in [7, 11) is 0. The van der Waals surface area contributed by atoms with Gasteiger partial charge in [0, 0.05) is 12.1 Å².